The number of ether oxygens (including phenoxy) is 1. The van der Waals surface area contributed by atoms with Crippen molar-refractivity contribution in [1.82, 2.24) is 5.32 Å². The second kappa shape index (κ2) is 9.18. The van der Waals surface area contributed by atoms with Gasteiger partial charge in [-0.1, -0.05) is 26.0 Å². The molecule has 0 aromatic heterocycles. The van der Waals surface area contributed by atoms with E-state index in [2.05, 4.69) is 5.32 Å². The number of rotatable bonds is 10. The Bertz CT molecular complexity index is 506. The first-order valence-electron chi connectivity index (χ1n) is 8.19. The molecular weight excluding hydrogens is 294 g/mol. The van der Waals surface area contributed by atoms with Crippen LogP contribution in [0.2, 0.25) is 0 Å². The average molecular weight is 321 g/mol. The van der Waals surface area contributed by atoms with Crippen LogP contribution in [-0.4, -0.2) is 30.1 Å². The molecule has 0 radical (unpaired) electrons. The van der Waals surface area contributed by atoms with Crippen LogP contribution in [0.3, 0.4) is 0 Å². The van der Waals surface area contributed by atoms with Crippen LogP contribution < -0.4 is 10.1 Å². The second-order valence-electron chi connectivity index (χ2n) is 5.65. The van der Waals surface area contributed by atoms with Crippen LogP contribution in [0.5, 0.6) is 5.75 Å². The van der Waals surface area contributed by atoms with E-state index in [1.165, 1.54) is 0 Å². The number of benzene rings is 1. The largest absolute Gasteiger partial charge is 0.494 e. The lowest BCUT2D eigenvalue weighted by Crippen LogP contribution is -2.42. The van der Waals surface area contributed by atoms with Crippen LogP contribution in [0.4, 0.5) is 0 Å². The number of carboxylic acids is 1. The van der Waals surface area contributed by atoms with Crippen molar-refractivity contribution in [3.63, 3.8) is 0 Å². The highest BCUT2D eigenvalue weighted by atomic mass is 16.5. The van der Waals surface area contributed by atoms with Crippen LogP contribution in [0, 0.1) is 5.41 Å². The number of aryl methyl sites for hydroxylation is 1. The van der Waals surface area contributed by atoms with Crippen molar-refractivity contribution in [2.24, 2.45) is 5.41 Å². The molecule has 0 unspecified atom stereocenters. The normalized spacial score (nSPS) is 11.1. The Labute approximate surface area is 138 Å². The van der Waals surface area contributed by atoms with E-state index >= 15 is 0 Å². The number of carboxylic acid groups (broad SMARTS) is 1. The third kappa shape index (κ3) is 5.58. The van der Waals surface area contributed by atoms with E-state index in [4.69, 9.17) is 4.74 Å². The van der Waals surface area contributed by atoms with Crippen molar-refractivity contribution in [2.75, 3.05) is 13.2 Å². The zero-order chi connectivity index (χ0) is 17.3. The number of carbonyl (C=O) groups is 2. The highest BCUT2D eigenvalue weighted by Crippen LogP contribution is 2.25. The molecule has 0 fully saturated rings. The number of carbonyl (C=O) groups excluding carboxylic acids is 1. The molecule has 0 heterocycles. The second-order valence-corrected chi connectivity index (χ2v) is 5.65. The maximum absolute atomic E-state index is 12.0. The number of hydrogen-bond acceptors (Lipinski definition) is 3. The van der Waals surface area contributed by atoms with Gasteiger partial charge in [0.2, 0.25) is 5.91 Å². The van der Waals surface area contributed by atoms with Crippen molar-refractivity contribution in [1.29, 1.82) is 0 Å². The van der Waals surface area contributed by atoms with Crippen LogP contribution in [0.1, 0.15) is 45.6 Å². The summed E-state index contributed by atoms with van der Waals surface area (Å²) < 4.78 is 5.37. The van der Waals surface area contributed by atoms with Crippen LogP contribution in [0.25, 0.3) is 0 Å². The van der Waals surface area contributed by atoms with E-state index in [9.17, 15) is 14.7 Å². The summed E-state index contributed by atoms with van der Waals surface area (Å²) in [6.45, 7) is 6.41. The van der Waals surface area contributed by atoms with Gasteiger partial charge in [0.1, 0.15) is 5.75 Å². The van der Waals surface area contributed by atoms with Crippen molar-refractivity contribution >= 4 is 11.9 Å². The Hall–Kier alpha value is -2.04. The first kappa shape index (κ1) is 19.0. The molecule has 5 heteroatoms. The quantitative estimate of drug-likeness (QED) is 0.694. The van der Waals surface area contributed by atoms with Gasteiger partial charge in [-0.25, -0.2) is 0 Å². The standard InChI is InChI=1S/C18H27NO4/c1-4-18(5-2,17(21)22)13-19-16(20)12-9-14-7-10-15(11-8-14)23-6-3/h7-8,10-11H,4-6,9,12-13H2,1-3H3,(H,19,20)(H,21,22). The topological polar surface area (TPSA) is 75.6 Å². The van der Waals surface area contributed by atoms with E-state index in [0.717, 1.165) is 11.3 Å². The molecule has 0 aliphatic carbocycles. The first-order valence-corrected chi connectivity index (χ1v) is 8.19. The van der Waals surface area contributed by atoms with Gasteiger partial charge in [-0.15, -0.1) is 0 Å². The van der Waals surface area contributed by atoms with E-state index in [1.807, 2.05) is 45.0 Å². The fourth-order valence-corrected chi connectivity index (χ4v) is 2.41. The zero-order valence-electron chi connectivity index (χ0n) is 14.2. The Morgan fingerprint density at radius 3 is 2.22 bits per heavy atom. The Balaban J connectivity index is 2.46. The predicted molar refractivity (Wildman–Crippen MR) is 89.6 cm³/mol. The van der Waals surface area contributed by atoms with Crippen molar-refractivity contribution < 1.29 is 19.4 Å². The van der Waals surface area contributed by atoms with Gasteiger partial charge >= 0.3 is 5.97 Å². The van der Waals surface area contributed by atoms with Crippen LogP contribution >= 0.6 is 0 Å². The maximum Gasteiger partial charge on any atom is 0.311 e. The van der Waals surface area contributed by atoms with Gasteiger partial charge in [0.15, 0.2) is 0 Å². The van der Waals surface area contributed by atoms with Crippen LogP contribution in [0.15, 0.2) is 24.3 Å². The van der Waals surface area contributed by atoms with Gasteiger partial charge in [0, 0.05) is 13.0 Å². The minimum Gasteiger partial charge on any atom is -0.494 e. The zero-order valence-corrected chi connectivity index (χ0v) is 14.2. The Morgan fingerprint density at radius 2 is 1.74 bits per heavy atom. The molecule has 128 valence electrons. The van der Waals surface area contributed by atoms with E-state index < -0.39 is 11.4 Å². The summed E-state index contributed by atoms with van der Waals surface area (Å²) in [5, 5.41) is 12.1. The highest BCUT2D eigenvalue weighted by molar-refractivity contribution is 5.79. The molecule has 0 saturated heterocycles. The summed E-state index contributed by atoms with van der Waals surface area (Å²) in [4.78, 5) is 23.4. The SMILES string of the molecule is CCOc1ccc(CCC(=O)NCC(CC)(CC)C(=O)O)cc1. The summed E-state index contributed by atoms with van der Waals surface area (Å²) in [6, 6.07) is 7.66. The average Bonchev–Trinajstić information content (AvgIpc) is 2.55. The minimum absolute atomic E-state index is 0.119. The smallest absolute Gasteiger partial charge is 0.311 e. The minimum atomic E-state index is -0.866. The molecule has 1 amide bonds. The summed E-state index contributed by atoms with van der Waals surface area (Å²) in [5.74, 6) is -0.154. The maximum atomic E-state index is 12.0. The lowest BCUT2D eigenvalue weighted by Gasteiger charge is -2.26. The molecule has 1 aromatic rings. The summed E-state index contributed by atoms with van der Waals surface area (Å²) >= 11 is 0. The molecule has 2 N–H and O–H groups in total. The number of hydrogen-bond donors (Lipinski definition) is 2. The summed E-state index contributed by atoms with van der Waals surface area (Å²) in [5.41, 5.74) is 0.188. The summed E-state index contributed by atoms with van der Waals surface area (Å²) in [7, 11) is 0. The molecule has 0 spiro atoms. The number of nitrogens with one attached hydrogen (secondary N) is 1. The van der Waals surface area contributed by atoms with Crippen molar-refractivity contribution in [3.05, 3.63) is 29.8 Å². The third-order valence-electron chi connectivity index (χ3n) is 4.31. The van der Waals surface area contributed by atoms with Crippen molar-refractivity contribution in [2.45, 2.75) is 46.5 Å². The van der Waals surface area contributed by atoms with Gasteiger partial charge in [0.25, 0.3) is 0 Å². The molecule has 23 heavy (non-hydrogen) atoms. The van der Waals surface area contributed by atoms with Gasteiger partial charge in [-0.3, -0.25) is 9.59 Å². The molecular formula is C18H27NO4. The molecule has 5 nitrogen and oxygen atoms in total. The van der Waals surface area contributed by atoms with E-state index in [1.54, 1.807) is 0 Å². The monoisotopic (exact) mass is 321 g/mol. The molecule has 1 aromatic carbocycles. The molecule has 0 saturated carbocycles. The van der Waals surface area contributed by atoms with E-state index in [0.29, 0.717) is 32.3 Å². The van der Waals surface area contributed by atoms with E-state index in [-0.39, 0.29) is 12.5 Å². The summed E-state index contributed by atoms with van der Waals surface area (Å²) in [6.07, 6.45) is 1.96. The third-order valence-corrected chi connectivity index (χ3v) is 4.31. The fraction of sp³-hybridized carbons (Fsp3) is 0.556. The molecule has 0 aliphatic rings. The van der Waals surface area contributed by atoms with Crippen molar-refractivity contribution in [3.8, 4) is 5.75 Å². The number of aliphatic carboxylic acids is 1. The van der Waals surface area contributed by atoms with Gasteiger partial charge < -0.3 is 15.2 Å². The first-order chi connectivity index (χ1) is 11.0. The lowest BCUT2D eigenvalue weighted by molar-refractivity contribution is -0.149. The van der Waals surface area contributed by atoms with Gasteiger partial charge in [-0.05, 0) is 43.9 Å². The number of amides is 1. The molecule has 0 atom stereocenters. The molecule has 0 bridgehead atoms. The highest BCUT2D eigenvalue weighted by Gasteiger charge is 2.34. The Morgan fingerprint density at radius 1 is 1.13 bits per heavy atom. The lowest BCUT2D eigenvalue weighted by atomic mass is 9.82. The van der Waals surface area contributed by atoms with Crippen LogP contribution in [-0.2, 0) is 16.0 Å². The Kier molecular flexibility index (Phi) is 7.59. The predicted octanol–water partition coefficient (Wildman–Crippen LogP) is 3.03. The molecule has 0 aliphatic heterocycles. The fourth-order valence-electron chi connectivity index (χ4n) is 2.41. The van der Waals surface area contributed by atoms with Gasteiger partial charge in [0.05, 0.1) is 12.0 Å². The van der Waals surface area contributed by atoms with Gasteiger partial charge in [-0.2, -0.15) is 0 Å². The molecule has 1 rings (SSSR count).